The van der Waals surface area contributed by atoms with Crippen LogP contribution in [-0.4, -0.2) is 46.9 Å². The lowest BCUT2D eigenvalue weighted by molar-refractivity contribution is -0.909. The molecule has 0 bridgehead atoms. The van der Waals surface area contributed by atoms with Gasteiger partial charge in [0.15, 0.2) is 16.4 Å². The molecule has 0 amide bonds. The number of nitrogens with zero attached hydrogens (tertiary/aromatic N) is 4. The van der Waals surface area contributed by atoms with Crippen LogP contribution >= 0.6 is 0 Å². The van der Waals surface area contributed by atoms with Crippen molar-refractivity contribution >= 4 is 9.84 Å². The largest absolute Gasteiger partial charge is 0.415 e. The zero-order valence-electron chi connectivity index (χ0n) is 16.9. The number of rotatable bonds is 6. The first kappa shape index (κ1) is 19.8. The van der Waals surface area contributed by atoms with Crippen molar-refractivity contribution in [3.05, 3.63) is 53.2 Å². The summed E-state index contributed by atoms with van der Waals surface area (Å²) in [7, 11) is -0.870. The molecule has 1 unspecified atom stereocenters. The van der Waals surface area contributed by atoms with Crippen molar-refractivity contribution in [2.75, 3.05) is 18.6 Å². The molecule has 1 N–H and O–H groups in total. The molecule has 0 radical (unpaired) electrons. The van der Waals surface area contributed by atoms with E-state index in [-0.39, 0.29) is 17.5 Å². The summed E-state index contributed by atoms with van der Waals surface area (Å²) in [5.74, 6) is 1.54. The number of nitrogens with one attached hydrogen (secondary N) is 1. The van der Waals surface area contributed by atoms with Gasteiger partial charge in [-0.25, -0.2) is 8.42 Å². The lowest BCUT2D eigenvalue weighted by Gasteiger charge is -2.14. The molecule has 154 valence electrons. The molecule has 1 saturated heterocycles. The van der Waals surface area contributed by atoms with Gasteiger partial charge in [0, 0.05) is 11.3 Å². The Hall–Kier alpha value is -2.52. The first-order chi connectivity index (χ1) is 13.8. The summed E-state index contributed by atoms with van der Waals surface area (Å²) in [6, 6.07) is 9.66. The second-order valence-corrected chi connectivity index (χ2v) is 10.1. The van der Waals surface area contributed by atoms with Crippen molar-refractivity contribution in [2.24, 2.45) is 0 Å². The highest BCUT2D eigenvalue weighted by Gasteiger charge is 2.32. The van der Waals surface area contributed by atoms with Crippen LogP contribution in [0.4, 0.5) is 0 Å². The van der Waals surface area contributed by atoms with Gasteiger partial charge in [-0.2, -0.15) is 5.10 Å². The van der Waals surface area contributed by atoms with Crippen molar-refractivity contribution in [1.29, 1.82) is 0 Å². The maximum Gasteiger partial charge on any atom is 0.271 e. The maximum atomic E-state index is 11.8. The minimum absolute atomic E-state index is 0.0582. The van der Waals surface area contributed by atoms with Crippen LogP contribution < -0.4 is 4.90 Å². The Bertz CT molecular complexity index is 1100. The lowest BCUT2D eigenvalue weighted by atomic mass is 10.1. The molecule has 9 heteroatoms. The molecule has 29 heavy (non-hydrogen) atoms. The van der Waals surface area contributed by atoms with Gasteiger partial charge >= 0.3 is 0 Å². The third kappa shape index (κ3) is 4.25. The number of hydrogen-bond acceptors (Lipinski definition) is 6. The van der Waals surface area contributed by atoms with E-state index in [0.717, 1.165) is 29.1 Å². The molecule has 1 aromatic carbocycles. The SMILES string of the molecule is Cc1nn([C@@H]2CCS(=O)(=O)C2)c(C)c1C[NH+](C)Cc1nnc(-c2ccccc2)o1. The van der Waals surface area contributed by atoms with E-state index in [0.29, 0.717) is 24.7 Å². The smallest absolute Gasteiger partial charge is 0.271 e. The van der Waals surface area contributed by atoms with E-state index in [1.54, 1.807) is 0 Å². The molecule has 4 rings (SSSR count). The van der Waals surface area contributed by atoms with Crippen LogP contribution in [0.3, 0.4) is 0 Å². The van der Waals surface area contributed by atoms with Crippen LogP contribution in [0.25, 0.3) is 11.5 Å². The maximum absolute atomic E-state index is 11.8. The van der Waals surface area contributed by atoms with Crippen LogP contribution in [0, 0.1) is 13.8 Å². The molecule has 1 fully saturated rings. The van der Waals surface area contributed by atoms with Gasteiger partial charge in [0.05, 0.1) is 35.9 Å². The van der Waals surface area contributed by atoms with Gasteiger partial charge in [-0.15, -0.1) is 10.2 Å². The summed E-state index contributed by atoms with van der Waals surface area (Å²) in [6.45, 7) is 5.35. The van der Waals surface area contributed by atoms with Gasteiger partial charge < -0.3 is 9.32 Å². The van der Waals surface area contributed by atoms with Crippen molar-refractivity contribution < 1.29 is 17.7 Å². The third-order valence-corrected chi connectivity index (χ3v) is 7.20. The Labute approximate surface area is 170 Å². The first-order valence-electron chi connectivity index (χ1n) is 9.76. The number of benzene rings is 1. The molecule has 8 nitrogen and oxygen atoms in total. The van der Waals surface area contributed by atoms with Crippen LogP contribution in [0.5, 0.6) is 0 Å². The highest BCUT2D eigenvalue weighted by Crippen LogP contribution is 2.26. The zero-order chi connectivity index (χ0) is 20.6. The van der Waals surface area contributed by atoms with Crippen LogP contribution in [0.2, 0.25) is 0 Å². The molecule has 2 aromatic heterocycles. The summed E-state index contributed by atoms with van der Waals surface area (Å²) in [5, 5.41) is 13.0. The topological polar surface area (TPSA) is 95.3 Å². The molecular formula is C20H26N5O3S+. The monoisotopic (exact) mass is 416 g/mol. The van der Waals surface area contributed by atoms with E-state index >= 15 is 0 Å². The standard InChI is InChI=1S/C20H25N5O3S/c1-14-18(15(2)25(23-14)17-9-10-29(26,27)13-17)11-24(3)12-19-21-22-20(28-19)16-7-5-4-6-8-16/h4-8,17H,9-13H2,1-3H3/p+1/t17-/m1/s1. The third-order valence-electron chi connectivity index (χ3n) is 5.45. The summed E-state index contributed by atoms with van der Waals surface area (Å²) in [6.07, 6.45) is 0.636. The number of hydrogen-bond donors (Lipinski definition) is 1. The van der Waals surface area contributed by atoms with Crippen molar-refractivity contribution in [3.8, 4) is 11.5 Å². The fraction of sp³-hybridized carbons (Fsp3) is 0.450. The van der Waals surface area contributed by atoms with Gasteiger partial charge in [0.25, 0.3) is 5.89 Å². The first-order valence-corrected chi connectivity index (χ1v) is 11.6. The van der Waals surface area contributed by atoms with Crippen LogP contribution in [-0.2, 0) is 22.9 Å². The average Bonchev–Trinajstić information content (AvgIpc) is 3.36. The van der Waals surface area contributed by atoms with Gasteiger partial charge in [-0.05, 0) is 32.4 Å². The second kappa shape index (κ2) is 7.72. The van der Waals surface area contributed by atoms with Gasteiger partial charge in [0.2, 0.25) is 5.89 Å². The van der Waals surface area contributed by atoms with Crippen LogP contribution in [0.1, 0.15) is 35.3 Å². The van der Waals surface area contributed by atoms with E-state index in [4.69, 9.17) is 4.42 Å². The van der Waals surface area contributed by atoms with Crippen molar-refractivity contribution in [1.82, 2.24) is 20.0 Å². The molecule has 0 saturated carbocycles. The van der Waals surface area contributed by atoms with E-state index in [1.807, 2.05) is 48.9 Å². The second-order valence-electron chi connectivity index (χ2n) is 7.83. The van der Waals surface area contributed by atoms with Gasteiger partial charge in [0.1, 0.15) is 6.54 Å². The zero-order valence-corrected chi connectivity index (χ0v) is 17.7. The highest BCUT2D eigenvalue weighted by molar-refractivity contribution is 7.91. The molecule has 0 aliphatic carbocycles. The fourth-order valence-electron chi connectivity index (χ4n) is 3.92. The van der Waals surface area contributed by atoms with Gasteiger partial charge in [-0.1, -0.05) is 18.2 Å². The van der Waals surface area contributed by atoms with E-state index in [9.17, 15) is 8.42 Å². The summed E-state index contributed by atoms with van der Waals surface area (Å²) < 4.78 is 31.4. The molecular weight excluding hydrogens is 390 g/mol. The Morgan fingerprint density at radius 3 is 2.62 bits per heavy atom. The molecule has 3 aromatic rings. The Kier molecular flexibility index (Phi) is 5.26. The number of aryl methyl sites for hydroxylation is 1. The summed E-state index contributed by atoms with van der Waals surface area (Å²) in [4.78, 5) is 1.19. The average molecular weight is 417 g/mol. The van der Waals surface area contributed by atoms with Crippen molar-refractivity contribution in [3.63, 3.8) is 0 Å². The molecule has 2 atom stereocenters. The van der Waals surface area contributed by atoms with Crippen LogP contribution in [0.15, 0.2) is 34.7 Å². The summed E-state index contributed by atoms with van der Waals surface area (Å²) >= 11 is 0. The predicted octanol–water partition coefficient (Wildman–Crippen LogP) is 1.12. The fourth-order valence-corrected chi connectivity index (χ4v) is 5.61. The van der Waals surface area contributed by atoms with E-state index in [1.165, 1.54) is 4.90 Å². The normalized spacial score (nSPS) is 19.5. The summed E-state index contributed by atoms with van der Waals surface area (Å²) in [5.41, 5.74) is 4.04. The van der Waals surface area contributed by atoms with Gasteiger partial charge in [-0.3, -0.25) is 4.68 Å². The van der Waals surface area contributed by atoms with Crippen molar-refractivity contribution in [2.45, 2.75) is 39.4 Å². The van der Waals surface area contributed by atoms with E-state index < -0.39 is 9.84 Å². The Morgan fingerprint density at radius 1 is 1.17 bits per heavy atom. The Balaban J connectivity index is 1.45. The molecule has 1 aliphatic rings. The minimum Gasteiger partial charge on any atom is -0.415 e. The quantitative estimate of drug-likeness (QED) is 0.647. The lowest BCUT2D eigenvalue weighted by Crippen LogP contribution is -3.06. The number of aromatic nitrogens is 4. The van der Waals surface area contributed by atoms with E-state index in [2.05, 4.69) is 22.3 Å². The molecule has 3 heterocycles. The molecule has 0 spiro atoms. The number of sulfone groups is 1. The molecule has 1 aliphatic heterocycles. The number of quaternary nitrogens is 1. The Morgan fingerprint density at radius 2 is 1.93 bits per heavy atom. The highest BCUT2D eigenvalue weighted by atomic mass is 32.2. The predicted molar refractivity (Wildman–Crippen MR) is 108 cm³/mol. The minimum atomic E-state index is -2.94.